The highest BCUT2D eigenvalue weighted by Gasteiger charge is 2.34. The summed E-state index contributed by atoms with van der Waals surface area (Å²) in [6.07, 6.45) is 2.04. The standard InChI is InChI=1S/C20H22ClN7O4S/c1-28-5-4-11-14(9-28)33-20(26-11)19(32)25-13-8-23-16(29)6-12(13)24-17(30)18(31)27-15-3-2-10(21)7-22-15/h2-3,7,12-13H,4-6,8-9H2,1H3,(H,23,29)(H,24,30)(H,25,32)(H,22,27,31)/t12-,13+/m0/s1. The lowest BCUT2D eigenvalue weighted by Gasteiger charge is -2.32. The van der Waals surface area contributed by atoms with Crippen molar-refractivity contribution < 1.29 is 19.2 Å². The Labute approximate surface area is 198 Å². The number of carbonyl (C=O) groups excluding carboxylic acids is 4. The minimum Gasteiger partial charge on any atom is -0.354 e. The van der Waals surface area contributed by atoms with Crippen molar-refractivity contribution in [3.8, 4) is 0 Å². The fourth-order valence-corrected chi connectivity index (χ4v) is 4.79. The van der Waals surface area contributed by atoms with E-state index in [1.165, 1.54) is 29.7 Å². The van der Waals surface area contributed by atoms with Gasteiger partial charge in [0.2, 0.25) is 5.91 Å². The number of hydrogen-bond acceptors (Lipinski definition) is 8. The molecule has 4 heterocycles. The van der Waals surface area contributed by atoms with Gasteiger partial charge in [0.05, 0.1) is 22.8 Å². The number of pyridine rings is 1. The van der Waals surface area contributed by atoms with Crippen LogP contribution in [-0.4, -0.2) is 70.7 Å². The van der Waals surface area contributed by atoms with Crippen molar-refractivity contribution in [1.82, 2.24) is 30.8 Å². The predicted molar refractivity (Wildman–Crippen MR) is 121 cm³/mol. The third kappa shape index (κ3) is 5.64. The Bertz CT molecular complexity index is 1090. The molecule has 2 aromatic rings. The quantitative estimate of drug-likeness (QED) is 0.438. The number of aromatic nitrogens is 2. The van der Waals surface area contributed by atoms with Gasteiger partial charge in [-0.15, -0.1) is 11.3 Å². The molecule has 2 aliphatic rings. The summed E-state index contributed by atoms with van der Waals surface area (Å²) in [5.74, 6) is -2.41. The maximum atomic E-state index is 12.8. The van der Waals surface area contributed by atoms with E-state index >= 15 is 0 Å². The van der Waals surface area contributed by atoms with Gasteiger partial charge < -0.3 is 26.2 Å². The SMILES string of the molecule is CN1CCc2nc(C(=O)N[C@@H]3CNC(=O)C[C@@H]3NC(=O)C(=O)Nc3ccc(Cl)cn3)sc2C1. The van der Waals surface area contributed by atoms with Gasteiger partial charge in [-0.3, -0.25) is 19.2 Å². The Hall–Kier alpha value is -3.09. The van der Waals surface area contributed by atoms with Crippen molar-refractivity contribution in [2.24, 2.45) is 0 Å². The normalized spacial score (nSPS) is 20.4. The van der Waals surface area contributed by atoms with E-state index < -0.39 is 23.9 Å². The van der Waals surface area contributed by atoms with Crippen LogP contribution in [0.5, 0.6) is 0 Å². The van der Waals surface area contributed by atoms with Crippen LogP contribution in [0.3, 0.4) is 0 Å². The molecule has 0 aliphatic carbocycles. The molecule has 13 heteroatoms. The Morgan fingerprint density at radius 2 is 2.03 bits per heavy atom. The number of hydrogen-bond donors (Lipinski definition) is 4. The summed E-state index contributed by atoms with van der Waals surface area (Å²) in [4.78, 5) is 61.0. The number of likely N-dealkylation sites (N-methyl/N-ethyl adjacent to an activating group) is 1. The maximum absolute atomic E-state index is 12.8. The third-order valence-electron chi connectivity index (χ3n) is 5.33. The van der Waals surface area contributed by atoms with Gasteiger partial charge in [-0.1, -0.05) is 11.6 Å². The van der Waals surface area contributed by atoms with E-state index in [0.717, 1.165) is 30.1 Å². The van der Waals surface area contributed by atoms with E-state index in [4.69, 9.17) is 11.6 Å². The first kappa shape index (κ1) is 23.1. The molecular formula is C20H22ClN7O4S. The monoisotopic (exact) mass is 491 g/mol. The molecule has 2 aliphatic heterocycles. The summed E-state index contributed by atoms with van der Waals surface area (Å²) in [6.45, 7) is 1.74. The van der Waals surface area contributed by atoms with E-state index in [2.05, 4.69) is 36.1 Å². The summed E-state index contributed by atoms with van der Waals surface area (Å²) < 4.78 is 0. The molecule has 2 aromatic heterocycles. The lowest BCUT2D eigenvalue weighted by Crippen LogP contribution is -2.62. The van der Waals surface area contributed by atoms with Crippen molar-refractivity contribution in [3.63, 3.8) is 0 Å². The van der Waals surface area contributed by atoms with Crippen LogP contribution in [-0.2, 0) is 27.3 Å². The Morgan fingerprint density at radius 3 is 2.79 bits per heavy atom. The molecule has 4 rings (SSSR count). The number of halogens is 1. The molecule has 0 bridgehead atoms. The van der Waals surface area contributed by atoms with E-state index in [1.807, 2.05) is 7.05 Å². The molecule has 33 heavy (non-hydrogen) atoms. The summed E-state index contributed by atoms with van der Waals surface area (Å²) in [6, 6.07) is 1.60. The van der Waals surface area contributed by atoms with Crippen LogP contribution < -0.4 is 21.3 Å². The van der Waals surface area contributed by atoms with Gasteiger partial charge in [0.15, 0.2) is 5.01 Å². The van der Waals surface area contributed by atoms with Gasteiger partial charge in [0.25, 0.3) is 5.91 Å². The van der Waals surface area contributed by atoms with Crippen LogP contribution in [0.2, 0.25) is 5.02 Å². The second-order valence-corrected chi connectivity index (χ2v) is 9.38. The van der Waals surface area contributed by atoms with Crippen molar-refractivity contribution in [3.05, 3.63) is 38.9 Å². The number of amides is 4. The Morgan fingerprint density at radius 1 is 1.21 bits per heavy atom. The summed E-state index contributed by atoms with van der Waals surface area (Å²) in [5.41, 5.74) is 0.928. The molecule has 1 saturated heterocycles. The summed E-state index contributed by atoms with van der Waals surface area (Å²) in [5, 5.41) is 11.1. The van der Waals surface area contributed by atoms with E-state index in [0.29, 0.717) is 10.0 Å². The van der Waals surface area contributed by atoms with Crippen LogP contribution in [0, 0.1) is 0 Å². The molecule has 0 aromatic carbocycles. The fraction of sp³-hybridized carbons (Fsp3) is 0.400. The van der Waals surface area contributed by atoms with E-state index in [9.17, 15) is 19.2 Å². The zero-order valence-corrected chi connectivity index (χ0v) is 19.3. The first-order valence-electron chi connectivity index (χ1n) is 10.3. The highest BCUT2D eigenvalue weighted by atomic mass is 35.5. The smallest absolute Gasteiger partial charge is 0.314 e. The van der Waals surface area contributed by atoms with Crippen molar-refractivity contribution in [2.75, 3.05) is 25.5 Å². The van der Waals surface area contributed by atoms with Gasteiger partial charge in [0.1, 0.15) is 5.82 Å². The fourth-order valence-electron chi connectivity index (χ4n) is 3.59. The highest BCUT2D eigenvalue weighted by Crippen LogP contribution is 2.24. The molecule has 1 fully saturated rings. The second-order valence-electron chi connectivity index (χ2n) is 7.86. The number of piperidine rings is 1. The molecule has 4 N–H and O–H groups in total. The summed E-state index contributed by atoms with van der Waals surface area (Å²) in [7, 11) is 2.01. The van der Waals surface area contributed by atoms with E-state index in [-0.39, 0.29) is 30.6 Å². The third-order valence-corrected chi connectivity index (χ3v) is 6.64. The molecule has 174 valence electrons. The number of nitrogens with zero attached hydrogens (tertiary/aromatic N) is 3. The Balaban J connectivity index is 1.39. The van der Waals surface area contributed by atoms with Crippen LogP contribution >= 0.6 is 22.9 Å². The number of nitrogens with one attached hydrogen (secondary N) is 4. The second kappa shape index (κ2) is 9.81. The number of carbonyl (C=O) groups is 4. The van der Waals surface area contributed by atoms with E-state index in [1.54, 1.807) is 0 Å². The predicted octanol–water partition coefficient (Wildman–Crippen LogP) is -0.0788. The highest BCUT2D eigenvalue weighted by molar-refractivity contribution is 7.13. The molecule has 0 radical (unpaired) electrons. The van der Waals surface area contributed by atoms with Crippen LogP contribution in [0.15, 0.2) is 18.3 Å². The molecule has 2 atom stereocenters. The molecule has 4 amide bonds. The number of rotatable bonds is 4. The van der Waals surface area contributed by atoms with Crippen molar-refractivity contribution in [2.45, 2.75) is 31.5 Å². The molecular weight excluding hydrogens is 470 g/mol. The average molecular weight is 492 g/mol. The molecule has 11 nitrogen and oxygen atoms in total. The zero-order valence-electron chi connectivity index (χ0n) is 17.7. The van der Waals surface area contributed by atoms with Gasteiger partial charge in [-0.05, 0) is 19.2 Å². The summed E-state index contributed by atoms with van der Waals surface area (Å²) >= 11 is 7.10. The Kier molecular flexibility index (Phi) is 6.86. The largest absolute Gasteiger partial charge is 0.354 e. The van der Waals surface area contributed by atoms with Crippen LogP contribution in [0.4, 0.5) is 5.82 Å². The molecule has 0 spiro atoms. The maximum Gasteiger partial charge on any atom is 0.314 e. The minimum atomic E-state index is -0.947. The first-order chi connectivity index (χ1) is 15.8. The molecule has 0 unspecified atom stereocenters. The van der Waals surface area contributed by atoms with Crippen molar-refractivity contribution in [1.29, 1.82) is 0 Å². The lowest BCUT2D eigenvalue weighted by molar-refractivity contribution is -0.137. The molecule has 0 saturated carbocycles. The van der Waals surface area contributed by atoms with Crippen molar-refractivity contribution >= 4 is 52.4 Å². The number of thiazole rings is 1. The lowest BCUT2D eigenvalue weighted by atomic mass is 10.00. The zero-order chi connectivity index (χ0) is 23.5. The van der Waals surface area contributed by atoms with Gasteiger partial charge in [-0.2, -0.15) is 0 Å². The topological polar surface area (TPSA) is 145 Å². The van der Waals surface area contributed by atoms with Gasteiger partial charge in [0, 0.05) is 43.5 Å². The number of fused-ring (bicyclic) bond motifs is 1. The number of anilines is 1. The van der Waals surface area contributed by atoms with Crippen LogP contribution in [0.1, 0.15) is 26.8 Å². The van der Waals surface area contributed by atoms with Crippen LogP contribution in [0.25, 0.3) is 0 Å². The first-order valence-corrected chi connectivity index (χ1v) is 11.5. The minimum absolute atomic E-state index is 0.0810. The van der Waals surface area contributed by atoms with Gasteiger partial charge >= 0.3 is 11.8 Å². The average Bonchev–Trinajstić information content (AvgIpc) is 3.20. The van der Waals surface area contributed by atoms with Gasteiger partial charge in [-0.25, -0.2) is 9.97 Å².